The zero-order chi connectivity index (χ0) is 12.2. The topological polar surface area (TPSA) is 24.9 Å². The third-order valence-corrected chi connectivity index (χ3v) is 2.93. The molecule has 1 rings (SSSR count). The maximum absolute atomic E-state index is 6.11. The van der Waals surface area contributed by atoms with Crippen molar-refractivity contribution < 1.29 is 0 Å². The van der Waals surface area contributed by atoms with Crippen LogP contribution in [0.3, 0.4) is 0 Å². The fourth-order valence-corrected chi connectivity index (χ4v) is 2.05. The van der Waals surface area contributed by atoms with Crippen LogP contribution in [0.5, 0.6) is 0 Å². The number of pyridine rings is 1. The third kappa shape index (κ3) is 4.50. The largest absolute Gasteiger partial charge is 0.317 e. The van der Waals surface area contributed by atoms with Crippen molar-refractivity contribution in [1.29, 1.82) is 0 Å². The summed E-state index contributed by atoms with van der Waals surface area (Å²) < 4.78 is 0. The molecule has 0 saturated carbocycles. The van der Waals surface area contributed by atoms with Crippen LogP contribution in [0.25, 0.3) is 0 Å². The molecule has 0 bridgehead atoms. The van der Waals surface area contributed by atoms with E-state index < -0.39 is 0 Å². The van der Waals surface area contributed by atoms with E-state index in [1.54, 1.807) is 12.4 Å². The molecule has 0 amide bonds. The average Bonchev–Trinajstić information content (AvgIpc) is 2.18. The minimum absolute atomic E-state index is 0.327. The fraction of sp³-hybridized carbons (Fsp3) is 0.615. The van der Waals surface area contributed by atoms with E-state index in [0.717, 1.165) is 17.9 Å². The lowest BCUT2D eigenvalue weighted by Gasteiger charge is -2.26. The Balaban J connectivity index is 2.67. The molecule has 0 fully saturated rings. The van der Waals surface area contributed by atoms with E-state index in [0.29, 0.717) is 11.5 Å². The maximum atomic E-state index is 6.11. The summed E-state index contributed by atoms with van der Waals surface area (Å²) >= 11 is 6.11. The summed E-state index contributed by atoms with van der Waals surface area (Å²) in [7, 11) is 2.01. The second-order valence-electron chi connectivity index (χ2n) is 5.42. The smallest absolute Gasteiger partial charge is 0.0621 e. The van der Waals surface area contributed by atoms with Crippen molar-refractivity contribution in [1.82, 2.24) is 10.3 Å². The van der Waals surface area contributed by atoms with Crippen LogP contribution in [0.15, 0.2) is 18.5 Å². The normalized spacial score (nSPS) is 13.8. The van der Waals surface area contributed by atoms with E-state index in [9.17, 15) is 0 Å². The summed E-state index contributed by atoms with van der Waals surface area (Å²) in [6.07, 6.45) is 5.59. The highest BCUT2D eigenvalue weighted by Gasteiger charge is 2.18. The highest BCUT2D eigenvalue weighted by molar-refractivity contribution is 6.31. The Morgan fingerprint density at radius 1 is 1.44 bits per heavy atom. The predicted molar refractivity (Wildman–Crippen MR) is 69.9 cm³/mol. The van der Waals surface area contributed by atoms with Crippen molar-refractivity contribution >= 4 is 11.6 Å². The molecule has 3 heteroatoms. The number of rotatable bonds is 4. The second-order valence-corrected chi connectivity index (χ2v) is 5.83. The van der Waals surface area contributed by atoms with Gasteiger partial charge in [0.1, 0.15) is 0 Å². The first-order valence-corrected chi connectivity index (χ1v) is 6.06. The van der Waals surface area contributed by atoms with Gasteiger partial charge < -0.3 is 5.32 Å². The van der Waals surface area contributed by atoms with Gasteiger partial charge in [-0.1, -0.05) is 32.4 Å². The van der Waals surface area contributed by atoms with Crippen molar-refractivity contribution in [2.24, 2.45) is 5.41 Å². The number of halogens is 1. The van der Waals surface area contributed by atoms with Crippen LogP contribution in [0.2, 0.25) is 5.02 Å². The van der Waals surface area contributed by atoms with E-state index in [2.05, 4.69) is 31.1 Å². The standard InChI is InChI=1S/C13H21ClN2/c1-13(2,3)8-11(15-4)7-10-5-6-16-9-12(10)14/h5-6,9,11,15H,7-8H2,1-4H3. The lowest BCUT2D eigenvalue weighted by Crippen LogP contribution is -2.32. The lowest BCUT2D eigenvalue weighted by molar-refractivity contribution is 0.316. The fourth-order valence-electron chi connectivity index (χ4n) is 1.85. The molecule has 1 aromatic rings. The molecule has 0 aliphatic heterocycles. The molecule has 0 aliphatic rings. The molecular formula is C13H21ClN2. The molecule has 0 aromatic carbocycles. The highest BCUT2D eigenvalue weighted by atomic mass is 35.5. The average molecular weight is 241 g/mol. The SMILES string of the molecule is CNC(Cc1ccncc1Cl)CC(C)(C)C. The molecule has 0 spiro atoms. The number of aromatic nitrogens is 1. The molecule has 2 nitrogen and oxygen atoms in total. The second kappa shape index (κ2) is 5.65. The van der Waals surface area contributed by atoms with Crippen molar-refractivity contribution in [3.05, 3.63) is 29.0 Å². The van der Waals surface area contributed by atoms with Crippen LogP contribution in [-0.2, 0) is 6.42 Å². The van der Waals surface area contributed by atoms with Crippen LogP contribution < -0.4 is 5.32 Å². The van der Waals surface area contributed by atoms with Crippen LogP contribution in [0.4, 0.5) is 0 Å². The van der Waals surface area contributed by atoms with Gasteiger partial charge >= 0.3 is 0 Å². The van der Waals surface area contributed by atoms with Gasteiger partial charge in [0.05, 0.1) is 5.02 Å². The Kier molecular flexibility index (Phi) is 4.75. The molecule has 1 N–H and O–H groups in total. The van der Waals surface area contributed by atoms with Gasteiger partial charge in [-0.05, 0) is 36.9 Å². The van der Waals surface area contributed by atoms with E-state index in [4.69, 9.17) is 11.6 Å². The minimum atomic E-state index is 0.327. The van der Waals surface area contributed by atoms with Gasteiger partial charge in [0, 0.05) is 18.4 Å². The van der Waals surface area contributed by atoms with Gasteiger partial charge in [0.2, 0.25) is 0 Å². The summed E-state index contributed by atoms with van der Waals surface area (Å²) in [6.45, 7) is 6.77. The monoisotopic (exact) mass is 240 g/mol. The van der Waals surface area contributed by atoms with Crippen molar-refractivity contribution in [3.8, 4) is 0 Å². The summed E-state index contributed by atoms with van der Waals surface area (Å²) in [5.41, 5.74) is 1.49. The summed E-state index contributed by atoms with van der Waals surface area (Å²) in [4.78, 5) is 4.00. The van der Waals surface area contributed by atoms with Gasteiger partial charge in [-0.3, -0.25) is 4.98 Å². The molecular weight excluding hydrogens is 220 g/mol. The van der Waals surface area contributed by atoms with Crippen molar-refractivity contribution in [3.63, 3.8) is 0 Å². The van der Waals surface area contributed by atoms with Gasteiger partial charge in [-0.15, -0.1) is 0 Å². The number of hydrogen-bond donors (Lipinski definition) is 1. The summed E-state index contributed by atoms with van der Waals surface area (Å²) in [5.74, 6) is 0. The number of nitrogens with zero attached hydrogens (tertiary/aromatic N) is 1. The summed E-state index contributed by atoms with van der Waals surface area (Å²) in [6, 6.07) is 2.45. The Labute approximate surface area is 103 Å². The molecule has 90 valence electrons. The number of hydrogen-bond acceptors (Lipinski definition) is 2. The Hall–Kier alpha value is -0.600. The first-order chi connectivity index (χ1) is 7.42. The molecule has 0 radical (unpaired) electrons. The molecule has 1 unspecified atom stereocenters. The van der Waals surface area contributed by atoms with Gasteiger partial charge in [-0.2, -0.15) is 0 Å². The van der Waals surface area contributed by atoms with E-state index in [-0.39, 0.29) is 0 Å². The Bertz CT molecular complexity index is 331. The number of nitrogens with one attached hydrogen (secondary N) is 1. The third-order valence-electron chi connectivity index (χ3n) is 2.59. The van der Waals surface area contributed by atoms with E-state index in [1.165, 1.54) is 5.56 Å². The van der Waals surface area contributed by atoms with Gasteiger partial charge in [0.25, 0.3) is 0 Å². The molecule has 1 atom stereocenters. The molecule has 1 heterocycles. The zero-order valence-corrected chi connectivity index (χ0v) is 11.3. The van der Waals surface area contributed by atoms with E-state index >= 15 is 0 Å². The predicted octanol–water partition coefficient (Wildman–Crippen LogP) is 3.30. The molecule has 0 aliphatic carbocycles. The quantitative estimate of drug-likeness (QED) is 0.874. The van der Waals surface area contributed by atoms with Gasteiger partial charge in [-0.25, -0.2) is 0 Å². The first-order valence-electron chi connectivity index (χ1n) is 5.68. The summed E-state index contributed by atoms with van der Waals surface area (Å²) in [5, 5.41) is 4.12. The Morgan fingerprint density at radius 2 is 2.12 bits per heavy atom. The van der Waals surface area contributed by atoms with Crippen molar-refractivity contribution in [2.45, 2.75) is 39.7 Å². The van der Waals surface area contributed by atoms with Crippen LogP contribution >= 0.6 is 11.6 Å². The van der Waals surface area contributed by atoms with Crippen LogP contribution in [0, 0.1) is 5.41 Å². The maximum Gasteiger partial charge on any atom is 0.0621 e. The van der Waals surface area contributed by atoms with Crippen molar-refractivity contribution in [2.75, 3.05) is 7.05 Å². The molecule has 1 aromatic heterocycles. The zero-order valence-electron chi connectivity index (χ0n) is 10.5. The Morgan fingerprint density at radius 3 is 2.62 bits per heavy atom. The lowest BCUT2D eigenvalue weighted by atomic mass is 9.86. The van der Waals surface area contributed by atoms with Crippen LogP contribution in [-0.4, -0.2) is 18.1 Å². The molecule has 0 saturated heterocycles. The first kappa shape index (κ1) is 13.5. The number of likely N-dealkylation sites (N-methyl/N-ethyl adjacent to an activating group) is 1. The molecule has 16 heavy (non-hydrogen) atoms. The highest BCUT2D eigenvalue weighted by Crippen LogP contribution is 2.24. The minimum Gasteiger partial charge on any atom is -0.317 e. The van der Waals surface area contributed by atoms with Gasteiger partial charge in [0.15, 0.2) is 0 Å². The van der Waals surface area contributed by atoms with E-state index in [1.807, 2.05) is 13.1 Å². The van der Waals surface area contributed by atoms with Crippen LogP contribution in [0.1, 0.15) is 32.8 Å².